The van der Waals surface area contributed by atoms with Crippen molar-refractivity contribution in [3.05, 3.63) is 72.1 Å². The van der Waals surface area contributed by atoms with Gasteiger partial charge in [0.15, 0.2) is 0 Å². The average molecular weight is 359 g/mol. The summed E-state index contributed by atoms with van der Waals surface area (Å²) in [6.45, 7) is 0. The molecule has 2 aromatic carbocycles. The Hall–Kier alpha value is -4.05. The number of carbonyl (C=O) groups excluding carboxylic acids is 1. The Morgan fingerprint density at radius 2 is 1.59 bits per heavy atom. The number of rotatable bonds is 3. The molecule has 0 spiro atoms. The Balaban J connectivity index is 1.66. The van der Waals surface area contributed by atoms with Crippen molar-refractivity contribution in [1.82, 2.24) is 9.97 Å². The van der Waals surface area contributed by atoms with Crippen LogP contribution in [0.1, 0.15) is 11.1 Å². The molecular weight excluding hydrogens is 342 g/mol. The molecule has 3 aromatic rings. The van der Waals surface area contributed by atoms with Crippen LogP contribution in [-0.2, 0) is 0 Å². The molecule has 4 N–H and O–H groups in total. The number of nitrogen functional groups attached to an aromatic ring is 1. The van der Waals surface area contributed by atoms with E-state index in [1.54, 1.807) is 55.9 Å². The molecule has 27 heavy (non-hydrogen) atoms. The Kier molecular flexibility index (Phi) is 5.50. The highest BCUT2D eigenvalue weighted by molar-refractivity contribution is 5.99. The second-order valence-corrected chi connectivity index (χ2v) is 5.47. The predicted octanol–water partition coefficient (Wildman–Crippen LogP) is 3.11. The van der Waals surface area contributed by atoms with Crippen LogP contribution in [0.5, 0.6) is 5.75 Å². The van der Waals surface area contributed by atoms with Gasteiger partial charge in [0, 0.05) is 35.4 Å². The number of methoxy groups -OCH3 is 1. The zero-order valence-electron chi connectivity index (χ0n) is 14.6. The van der Waals surface area contributed by atoms with Gasteiger partial charge in [-0.1, -0.05) is 24.0 Å². The molecule has 3 rings (SSSR count). The zero-order valence-corrected chi connectivity index (χ0v) is 14.6. The molecule has 134 valence electrons. The Labute approximate surface area is 156 Å². The molecule has 0 bridgehead atoms. The van der Waals surface area contributed by atoms with Gasteiger partial charge in [-0.3, -0.25) is 0 Å². The van der Waals surface area contributed by atoms with Crippen LogP contribution >= 0.6 is 0 Å². The maximum atomic E-state index is 12.2. The fraction of sp³-hybridized carbons (Fsp3) is 0.0500. The second-order valence-electron chi connectivity index (χ2n) is 5.47. The van der Waals surface area contributed by atoms with Crippen LogP contribution in [-0.4, -0.2) is 23.1 Å². The quantitative estimate of drug-likeness (QED) is 0.624. The highest BCUT2D eigenvalue weighted by atomic mass is 16.5. The van der Waals surface area contributed by atoms with E-state index in [0.29, 0.717) is 22.7 Å². The van der Waals surface area contributed by atoms with Gasteiger partial charge in [0.05, 0.1) is 12.7 Å². The van der Waals surface area contributed by atoms with Crippen LogP contribution in [0.3, 0.4) is 0 Å². The molecule has 0 saturated carbocycles. The number of aromatic nitrogens is 2. The van der Waals surface area contributed by atoms with Crippen molar-refractivity contribution in [3.63, 3.8) is 0 Å². The molecule has 0 saturated heterocycles. The number of anilines is 3. The summed E-state index contributed by atoms with van der Waals surface area (Å²) in [6.07, 6.45) is 3.11. The van der Waals surface area contributed by atoms with Crippen molar-refractivity contribution in [2.75, 3.05) is 23.5 Å². The van der Waals surface area contributed by atoms with Crippen LogP contribution in [0, 0.1) is 11.8 Å². The van der Waals surface area contributed by atoms with E-state index < -0.39 is 0 Å². The van der Waals surface area contributed by atoms with Crippen LogP contribution in [0.2, 0.25) is 0 Å². The molecule has 7 heteroatoms. The lowest BCUT2D eigenvalue weighted by Gasteiger charge is -2.09. The first kappa shape index (κ1) is 17.8. The summed E-state index contributed by atoms with van der Waals surface area (Å²) in [4.78, 5) is 20.0. The molecule has 0 fully saturated rings. The Morgan fingerprint density at radius 3 is 2.30 bits per heavy atom. The average Bonchev–Trinajstić information content (AvgIpc) is 2.68. The van der Waals surface area contributed by atoms with Gasteiger partial charge in [0.2, 0.25) is 5.95 Å². The van der Waals surface area contributed by atoms with Crippen molar-refractivity contribution in [3.8, 4) is 17.6 Å². The lowest BCUT2D eigenvalue weighted by Crippen LogP contribution is -2.19. The third-order valence-electron chi connectivity index (χ3n) is 3.47. The predicted molar refractivity (Wildman–Crippen MR) is 105 cm³/mol. The van der Waals surface area contributed by atoms with Crippen molar-refractivity contribution in [1.29, 1.82) is 0 Å². The van der Waals surface area contributed by atoms with Crippen LogP contribution in [0.25, 0.3) is 0 Å². The molecule has 0 radical (unpaired) electrons. The first-order valence-corrected chi connectivity index (χ1v) is 8.04. The smallest absolute Gasteiger partial charge is 0.323 e. The fourth-order valence-electron chi connectivity index (χ4n) is 2.22. The van der Waals surface area contributed by atoms with Crippen LogP contribution in [0.4, 0.5) is 22.1 Å². The number of ether oxygens (including phenoxy) is 1. The van der Waals surface area contributed by atoms with E-state index in [4.69, 9.17) is 10.5 Å². The molecule has 7 nitrogen and oxygen atoms in total. The van der Waals surface area contributed by atoms with E-state index in [9.17, 15) is 4.79 Å². The van der Waals surface area contributed by atoms with E-state index in [0.717, 1.165) is 5.56 Å². The third-order valence-corrected chi connectivity index (χ3v) is 3.47. The molecule has 2 amide bonds. The minimum atomic E-state index is -0.361. The standard InChI is InChI=1S/C20H17N5O2/c1-27-18-7-3-6-17(11-18)25-20(26)24-16-5-2-4-14(10-16)8-9-15-12-22-19(21)23-13-15/h2-7,10-13H,1H3,(H2,21,22,23)(H2,24,25,26). The summed E-state index contributed by atoms with van der Waals surface area (Å²) in [6, 6.07) is 14.0. The van der Waals surface area contributed by atoms with Gasteiger partial charge in [-0.25, -0.2) is 14.8 Å². The van der Waals surface area contributed by atoms with Gasteiger partial charge in [-0.2, -0.15) is 0 Å². The highest BCUT2D eigenvalue weighted by Gasteiger charge is 2.04. The summed E-state index contributed by atoms with van der Waals surface area (Å²) in [5.41, 5.74) is 8.09. The van der Waals surface area contributed by atoms with Gasteiger partial charge in [-0.15, -0.1) is 0 Å². The molecule has 0 aliphatic heterocycles. The molecule has 0 aliphatic rings. The van der Waals surface area contributed by atoms with Gasteiger partial charge in [-0.05, 0) is 30.3 Å². The molecule has 0 unspecified atom stereocenters. The number of amides is 2. The molecule has 1 aromatic heterocycles. The Bertz CT molecular complexity index is 1010. The summed E-state index contributed by atoms with van der Waals surface area (Å²) >= 11 is 0. The third kappa shape index (κ3) is 5.21. The number of nitrogens with one attached hydrogen (secondary N) is 2. The molecule has 0 aliphatic carbocycles. The normalized spacial score (nSPS) is 9.67. The summed E-state index contributed by atoms with van der Waals surface area (Å²) < 4.78 is 5.14. The summed E-state index contributed by atoms with van der Waals surface area (Å²) in [5.74, 6) is 6.81. The minimum Gasteiger partial charge on any atom is -0.497 e. The topological polar surface area (TPSA) is 102 Å². The van der Waals surface area contributed by atoms with E-state index in [1.165, 1.54) is 0 Å². The van der Waals surface area contributed by atoms with Gasteiger partial charge in [0.25, 0.3) is 0 Å². The first-order valence-electron chi connectivity index (χ1n) is 8.04. The van der Waals surface area contributed by atoms with Crippen molar-refractivity contribution in [2.24, 2.45) is 0 Å². The number of hydrogen-bond acceptors (Lipinski definition) is 5. The fourth-order valence-corrected chi connectivity index (χ4v) is 2.22. The lowest BCUT2D eigenvalue weighted by molar-refractivity contribution is 0.262. The van der Waals surface area contributed by atoms with Crippen LogP contribution in [0.15, 0.2) is 60.9 Å². The monoisotopic (exact) mass is 359 g/mol. The SMILES string of the molecule is COc1cccc(NC(=O)Nc2cccc(C#Cc3cnc(N)nc3)c2)c1. The number of carbonyl (C=O) groups is 1. The number of nitrogens with two attached hydrogens (primary N) is 1. The molecule has 1 heterocycles. The van der Waals surface area contributed by atoms with Crippen molar-refractivity contribution in [2.45, 2.75) is 0 Å². The van der Waals surface area contributed by atoms with Gasteiger partial charge < -0.3 is 21.1 Å². The first-order chi connectivity index (χ1) is 13.1. The largest absolute Gasteiger partial charge is 0.497 e. The number of urea groups is 1. The van der Waals surface area contributed by atoms with E-state index in [1.807, 2.05) is 12.1 Å². The van der Waals surface area contributed by atoms with E-state index in [2.05, 4.69) is 32.4 Å². The van der Waals surface area contributed by atoms with Gasteiger partial charge in [0.1, 0.15) is 5.75 Å². The molecular formula is C20H17N5O2. The maximum Gasteiger partial charge on any atom is 0.323 e. The van der Waals surface area contributed by atoms with Crippen molar-refractivity contribution >= 4 is 23.4 Å². The van der Waals surface area contributed by atoms with E-state index >= 15 is 0 Å². The molecule has 0 atom stereocenters. The number of hydrogen-bond donors (Lipinski definition) is 3. The van der Waals surface area contributed by atoms with E-state index in [-0.39, 0.29) is 12.0 Å². The highest BCUT2D eigenvalue weighted by Crippen LogP contribution is 2.17. The van der Waals surface area contributed by atoms with Crippen LogP contribution < -0.4 is 21.1 Å². The summed E-state index contributed by atoms with van der Waals surface area (Å²) in [5, 5.41) is 5.53. The zero-order chi connectivity index (χ0) is 19.1. The van der Waals surface area contributed by atoms with Gasteiger partial charge >= 0.3 is 6.03 Å². The number of nitrogens with zero attached hydrogens (tertiary/aromatic N) is 2. The van der Waals surface area contributed by atoms with Crippen molar-refractivity contribution < 1.29 is 9.53 Å². The lowest BCUT2D eigenvalue weighted by atomic mass is 10.2. The second kappa shape index (κ2) is 8.36. The minimum absolute atomic E-state index is 0.203. The summed E-state index contributed by atoms with van der Waals surface area (Å²) in [7, 11) is 1.57. The Morgan fingerprint density at radius 1 is 0.963 bits per heavy atom. The number of benzene rings is 2. The maximum absolute atomic E-state index is 12.2.